The van der Waals surface area contributed by atoms with Gasteiger partial charge in [-0.25, -0.2) is 8.42 Å². The fraction of sp³-hybridized carbons (Fsp3) is 0.778. The second-order valence-electron chi connectivity index (χ2n) is 3.98. The second-order valence-corrected chi connectivity index (χ2v) is 5.90. The highest BCUT2D eigenvalue weighted by molar-refractivity contribution is 7.89. The number of likely N-dealkylation sites (N-methyl/N-ethyl adjacent to an activating group) is 1. The van der Waals surface area contributed by atoms with Crippen LogP contribution >= 0.6 is 0 Å². The first-order valence-electron chi connectivity index (χ1n) is 5.18. The highest BCUT2D eigenvalue weighted by Gasteiger charge is 2.37. The van der Waals surface area contributed by atoms with E-state index in [1.54, 1.807) is 20.2 Å². The van der Waals surface area contributed by atoms with E-state index in [9.17, 15) is 13.2 Å². The number of amides is 1. The van der Waals surface area contributed by atoms with Crippen molar-refractivity contribution in [2.45, 2.75) is 6.04 Å². The van der Waals surface area contributed by atoms with Crippen LogP contribution in [0.4, 0.5) is 0 Å². The Labute approximate surface area is 101 Å². The number of nitrogens with zero attached hydrogens (tertiary/aromatic N) is 3. The number of nitrogens with one attached hydrogen (secondary N) is 1. The Bertz CT molecular complexity index is 426. The smallest absolute Gasteiger partial charge is 0.241 e. The number of nitriles is 1. The van der Waals surface area contributed by atoms with Crippen LogP contribution in [0.25, 0.3) is 0 Å². The zero-order valence-electron chi connectivity index (χ0n) is 9.88. The van der Waals surface area contributed by atoms with Gasteiger partial charge in [0.15, 0.2) is 5.75 Å². The quantitative estimate of drug-likeness (QED) is 0.646. The van der Waals surface area contributed by atoms with Gasteiger partial charge in [0.2, 0.25) is 15.9 Å². The summed E-state index contributed by atoms with van der Waals surface area (Å²) >= 11 is 0. The first-order chi connectivity index (χ1) is 7.90. The SMILES string of the molecule is CN(C)C(=O)C1CNCCN1S(=O)(=O)CC#N. The number of rotatable bonds is 3. The number of hydrogen-bond acceptors (Lipinski definition) is 5. The zero-order valence-corrected chi connectivity index (χ0v) is 10.7. The molecule has 8 heteroatoms. The van der Waals surface area contributed by atoms with Gasteiger partial charge in [0.25, 0.3) is 0 Å². The van der Waals surface area contributed by atoms with Gasteiger partial charge in [-0.05, 0) is 0 Å². The van der Waals surface area contributed by atoms with Crippen molar-refractivity contribution in [3.8, 4) is 6.07 Å². The van der Waals surface area contributed by atoms with Gasteiger partial charge < -0.3 is 10.2 Å². The van der Waals surface area contributed by atoms with Gasteiger partial charge in [-0.15, -0.1) is 0 Å². The minimum Gasteiger partial charge on any atom is -0.347 e. The monoisotopic (exact) mass is 260 g/mol. The molecule has 0 bridgehead atoms. The van der Waals surface area contributed by atoms with E-state index in [1.807, 2.05) is 0 Å². The number of piperazine rings is 1. The molecule has 0 aromatic rings. The molecule has 17 heavy (non-hydrogen) atoms. The summed E-state index contributed by atoms with van der Waals surface area (Å²) < 4.78 is 24.8. The summed E-state index contributed by atoms with van der Waals surface area (Å²) in [5.41, 5.74) is 0. The Morgan fingerprint density at radius 2 is 2.24 bits per heavy atom. The van der Waals surface area contributed by atoms with Crippen LogP contribution in [0.3, 0.4) is 0 Å². The van der Waals surface area contributed by atoms with Gasteiger partial charge in [-0.3, -0.25) is 4.79 Å². The van der Waals surface area contributed by atoms with Crippen LogP contribution < -0.4 is 5.32 Å². The van der Waals surface area contributed by atoms with E-state index in [-0.39, 0.29) is 19.0 Å². The van der Waals surface area contributed by atoms with E-state index >= 15 is 0 Å². The van der Waals surface area contributed by atoms with Crippen LogP contribution in [0, 0.1) is 11.3 Å². The Morgan fingerprint density at radius 1 is 1.59 bits per heavy atom. The highest BCUT2D eigenvalue weighted by Crippen LogP contribution is 2.12. The number of carbonyl (C=O) groups excluding carboxylic acids is 1. The maximum absolute atomic E-state index is 11.9. The molecule has 1 amide bonds. The molecule has 0 spiro atoms. The fourth-order valence-corrected chi connectivity index (χ4v) is 2.94. The van der Waals surface area contributed by atoms with Crippen molar-refractivity contribution in [3.63, 3.8) is 0 Å². The number of carbonyl (C=O) groups is 1. The van der Waals surface area contributed by atoms with Gasteiger partial charge in [0, 0.05) is 33.7 Å². The van der Waals surface area contributed by atoms with Crippen LogP contribution in [0.5, 0.6) is 0 Å². The number of hydrogen-bond donors (Lipinski definition) is 1. The van der Waals surface area contributed by atoms with Crippen LogP contribution in [0.15, 0.2) is 0 Å². The van der Waals surface area contributed by atoms with Crippen LogP contribution in [-0.4, -0.2) is 69.1 Å². The normalized spacial score (nSPS) is 21.8. The van der Waals surface area contributed by atoms with Crippen molar-refractivity contribution in [2.24, 2.45) is 0 Å². The molecule has 96 valence electrons. The first kappa shape index (κ1) is 13.9. The van der Waals surface area contributed by atoms with E-state index in [1.165, 1.54) is 4.90 Å². The predicted octanol–water partition coefficient (Wildman–Crippen LogP) is -1.80. The lowest BCUT2D eigenvalue weighted by Crippen LogP contribution is -2.59. The van der Waals surface area contributed by atoms with Crippen molar-refractivity contribution in [2.75, 3.05) is 39.5 Å². The van der Waals surface area contributed by atoms with Gasteiger partial charge in [0.1, 0.15) is 6.04 Å². The van der Waals surface area contributed by atoms with E-state index in [2.05, 4.69) is 5.32 Å². The second kappa shape index (κ2) is 5.44. The molecule has 1 aliphatic heterocycles. The molecule has 7 nitrogen and oxygen atoms in total. The summed E-state index contributed by atoms with van der Waals surface area (Å²) in [7, 11) is -0.526. The molecule has 0 aromatic carbocycles. The lowest BCUT2D eigenvalue weighted by atomic mass is 10.2. The van der Waals surface area contributed by atoms with Crippen LogP contribution in [0.1, 0.15) is 0 Å². The molecular formula is C9H16N4O3S. The molecule has 1 aliphatic rings. The molecule has 0 saturated carbocycles. The van der Waals surface area contributed by atoms with E-state index in [4.69, 9.17) is 5.26 Å². The maximum Gasteiger partial charge on any atom is 0.241 e. The zero-order chi connectivity index (χ0) is 13.1. The predicted molar refractivity (Wildman–Crippen MR) is 61.5 cm³/mol. The van der Waals surface area contributed by atoms with Gasteiger partial charge >= 0.3 is 0 Å². The largest absolute Gasteiger partial charge is 0.347 e. The van der Waals surface area contributed by atoms with Crippen molar-refractivity contribution < 1.29 is 13.2 Å². The Hall–Kier alpha value is -1.17. The van der Waals surface area contributed by atoms with E-state index in [0.717, 1.165) is 4.31 Å². The van der Waals surface area contributed by atoms with E-state index in [0.29, 0.717) is 6.54 Å². The minimum atomic E-state index is -3.68. The summed E-state index contributed by atoms with van der Waals surface area (Å²) in [6, 6.07) is 0.866. The summed E-state index contributed by atoms with van der Waals surface area (Å²) in [5, 5.41) is 11.5. The van der Waals surface area contributed by atoms with Gasteiger partial charge in [-0.2, -0.15) is 9.57 Å². The van der Waals surface area contributed by atoms with Crippen LogP contribution in [-0.2, 0) is 14.8 Å². The Kier molecular flexibility index (Phi) is 4.45. The molecule has 1 heterocycles. The third-order valence-electron chi connectivity index (χ3n) is 2.52. The molecule has 1 rings (SSSR count). The summed E-state index contributed by atoms with van der Waals surface area (Å²) in [6.45, 7) is 0.984. The fourth-order valence-electron chi connectivity index (χ4n) is 1.69. The average molecular weight is 260 g/mol. The lowest BCUT2D eigenvalue weighted by Gasteiger charge is -2.34. The van der Waals surface area contributed by atoms with Crippen molar-refractivity contribution in [1.82, 2.24) is 14.5 Å². The summed E-state index contributed by atoms with van der Waals surface area (Å²) in [6.07, 6.45) is 0. The standard InChI is InChI=1S/C9H16N4O3S/c1-12(2)9(14)8-7-11-4-5-13(8)17(15,16)6-3-10/h8,11H,4-7H2,1-2H3. The molecule has 1 unspecified atom stereocenters. The molecule has 1 saturated heterocycles. The van der Waals surface area contributed by atoms with Crippen molar-refractivity contribution in [3.05, 3.63) is 0 Å². The maximum atomic E-state index is 11.9. The van der Waals surface area contributed by atoms with E-state index < -0.39 is 21.8 Å². The minimum absolute atomic E-state index is 0.217. The van der Waals surface area contributed by atoms with Crippen LogP contribution in [0.2, 0.25) is 0 Å². The summed E-state index contributed by atoms with van der Waals surface area (Å²) in [5.74, 6) is -0.872. The topological polar surface area (TPSA) is 93.5 Å². The average Bonchev–Trinajstić information content (AvgIpc) is 2.28. The lowest BCUT2D eigenvalue weighted by molar-refractivity contribution is -0.133. The third-order valence-corrected chi connectivity index (χ3v) is 4.17. The first-order valence-corrected chi connectivity index (χ1v) is 6.79. The molecular weight excluding hydrogens is 244 g/mol. The molecule has 0 radical (unpaired) electrons. The molecule has 0 aromatic heterocycles. The van der Waals surface area contributed by atoms with Gasteiger partial charge in [-0.1, -0.05) is 0 Å². The molecule has 1 atom stereocenters. The number of sulfonamides is 1. The summed E-state index contributed by atoms with van der Waals surface area (Å²) in [4.78, 5) is 13.2. The molecule has 0 aliphatic carbocycles. The van der Waals surface area contributed by atoms with Crippen molar-refractivity contribution >= 4 is 15.9 Å². The molecule has 1 N–H and O–H groups in total. The Morgan fingerprint density at radius 3 is 2.76 bits per heavy atom. The van der Waals surface area contributed by atoms with Crippen molar-refractivity contribution in [1.29, 1.82) is 5.26 Å². The molecule has 1 fully saturated rings. The van der Waals surface area contributed by atoms with Gasteiger partial charge in [0.05, 0.1) is 6.07 Å². The Balaban J connectivity index is 2.95. The third kappa shape index (κ3) is 3.15. The highest BCUT2D eigenvalue weighted by atomic mass is 32.2.